The Morgan fingerprint density at radius 3 is 3.22 bits per heavy atom. The van der Waals surface area contributed by atoms with Crippen LogP contribution < -0.4 is 0 Å². The zero-order valence-electron chi connectivity index (χ0n) is 4.78. The minimum atomic E-state index is 0.226. The lowest BCUT2D eigenvalue weighted by Gasteiger charge is -1.88. The zero-order chi connectivity index (χ0) is 6.53. The molecule has 1 aromatic heterocycles. The van der Waals surface area contributed by atoms with E-state index < -0.39 is 0 Å². The Bertz CT molecular complexity index is 152. The van der Waals surface area contributed by atoms with Crippen LogP contribution in [0, 0.1) is 0 Å². The Labute approximate surface area is 61.9 Å². The highest BCUT2D eigenvalue weighted by Gasteiger charge is 1.92. The first-order chi connectivity index (χ1) is 4.43. The number of aliphatic hydroxyl groups excluding tert-OH is 1. The van der Waals surface area contributed by atoms with Crippen LogP contribution in [0.5, 0.6) is 0 Å². The van der Waals surface area contributed by atoms with Gasteiger partial charge in [-0.05, 0) is 0 Å². The Kier molecular flexibility index (Phi) is 3.03. The smallest absolute Gasteiger partial charge is 0.149 e. The van der Waals surface area contributed by atoms with E-state index >= 15 is 0 Å². The number of aromatic nitrogens is 1. The van der Waals surface area contributed by atoms with Crippen LogP contribution in [0.3, 0.4) is 0 Å². The van der Waals surface area contributed by atoms with E-state index in [9.17, 15) is 0 Å². The second-order valence-corrected chi connectivity index (χ2v) is 3.61. The van der Waals surface area contributed by atoms with Crippen LogP contribution in [0.2, 0.25) is 0 Å². The summed E-state index contributed by atoms with van der Waals surface area (Å²) in [5.74, 6) is 0.744. The summed E-state index contributed by atoms with van der Waals surface area (Å²) >= 11 is 3.19. The second-order valence-electron chi connectivity index (χ2n) is 1.37. The fourth-order valence-electron chi connectivity index (χ4n) is 0.415. The van der Waals surface area contributed by atoms with Crippen molar-refractivity contribution in [3.63, 3.8) is 0 Å². The van der Waals surface area contributed by atoms with E-state index in [0.29, 0.717) is 0 Å². The van der Waals surface area contributed by atoms with Crippen molar-refractivity contribution >= 4 is 23.1 Å². The molecule has 0 saturated carbocycles. The molecule has 2 nitrogen and oxygen atoms in total. The van der Waals surface area contributed by atoms with Crippen molar-refractivity contribution in [1.82, 2.24) is 4.98 Å². The van der Waals surface area contributed by atoms with Gasteiger partial charge in [0.15, 0.2) is 0 Å². The van der Waals surface area contributed by atoms with E-state index in [1.807, 2.05) is 5.38 Å². The van der Waals surface area contributed by atoms with Crippen molar-refractivity contribution in [1.29, 1.82) is 0 Å². The van der Waals surface area contributed by atoms with E-state index in [2.05, 4.69) is 4.98 Å². The van der Waals surface area contributed by atoms with Gasteiger partial charge in [0, 0.05) is 17.3 Å². The molecule has 0 spiro atoms. The maximum absolute atomic E-state index is 8.42. The van der Waals surface area contributed by atoms with Gasteiger partial charge < -0.3 is 5.11 Å². The molecule has 0 fully saturated rings. The fraction of sp³-hybridized carbons (Fsp3) is 0.400. The molecule has 1 rings (SSSR count). The lowest BCUT2D eigenvalue weighted by molar-refractivity contribution is 0.322. The number of rotatable bonds is 3. The summed E-state index contributed by atoms with van der Waals surface area (Å²) < 4.78 is 1.03. The van der Waals surface area contributed by atoms with Crippen LogP contribution in [-0.4, -0.2) is 22.5 Å². The normalized spacial score (nSPS) is 9.89. The average Bonchev–Trinajstić information content (AvgIpc) is 2.34. The van der Waals surface area contributed by atoms with Crippen LogP contribution in [0.1, 0.15) is 0 Å². The maximum atomic E-state index is 8.42. The molecule has 1 heterocycles. The van der Waals surface area contributed by atoms with E-state index in [1.54, 1.807) is 29.3 Å². The van der Waals surface area contributed by atoms with Crippen LogP contribution in [-0.2, 0) is 0 Å². The molecule has 0 aliphatic rings. The molecule has 0 saturated heterocycles. The summed E-state index contributed by atoms with van der Waals surface area (Å²) in [5, 5.41) is 10.4. The lowest BCUT2D eigenvalue weighted by atomic mass is 10.9. The molecule has 0 unspecified atom stereocenters. The van der Waals surface area contributed by atoms with Crippen LogP contribution in [0.25, 0.3) is 0 Å². The molecule has 1 aromatic rings. The molecule has 0 atom stereocenters. The summed E-state index contributed by atoms with van der Waals surface area (Å²) in [6, 6.07) is 0. The van der Waals surface area contributed by atoms with Gasteiger partial charge in [-0.1, -0.05) is 11.8 Å². The monoisotopic (exact) mass is 161 g/mol. The Morgan fingerprint density at radius 1 is 1.78 bits per heavy atom. The van der Waals surface area contributed by atoms with Gasteiger partial charge in [0.1, 0.15) is 4.34 Å². The number of thioether (sulfide) groups is 1. The summed E-state index contributed by atoms with van der Waals surface area (Å²) in [7, 11) is 0. The van der Waals surface area contributed by atoms with Crippen LogP contribution in [0.15, 0.2) is 15.9 Å². The van der Waals surface area contributed by atoms with Gasteiger partial charge in [-0.15, -0.1) is 11.3 Å². The molecule has 1 N–H and O–H groups in total. The molecule has 0 bridgehead atoms. The van der Waals surface area contributed by atoms with Crippen molar-refractivity contribution in [2.45, 2.75) is 4.34 Å². The van der Waals surface area contributed by atoms with Crippen LogP contribution in [0.4, 0.5) is 0 Å². The molecule has 50 valence electrons. The highest BCUT2D eigenvalue weighted by atomic mass is 32.2. The van der Waals surface area contributed by atoms with Crippen molar-refractivity contribution in [3.05, 3.63) is 11.6 Å². The Balaban J connectivity index is 2.30. The summed E-state index contributed by atoms with van der Waals surface area (Å²) in [5.41, 5.74) is 0. The molecule has 0 radical (unpaired) electrons. The third-order valence-corrected chi connectivity index (χ3v) is 2.67. The fourth-order valence-corrected chi connectivity index (χ4v) is 1.86. The van der Waals surface area contributed by atoms with Gasteiger partial charge in [0.2, 0.25) is 0 Å². The molecular formula is C5H7NOS2. The first-order valence-electron chi connectivity index (χ1n) is 2.56. The molecule has 0 aromatic carbocycles. The average molecular weight is 161 g/mol. The zero-order valence-corrected chi connectivity index (χ0v) is 6.41. The van der Waals surface area contributed by atoms with Gasteiger partial charge in [-0.2, -0.15) is 0 Å². The summed E-state index contributed by atoms with van der Waals surface area (Å²) in [6.45, 7) is 0.226. The molecular weight excluding hydrogens is 154 g/mol. The third kappa shape index (κ3) is 2.34. The van der Waals surface area contributed by atoms with Gasteiger partial charge >= 0.3 is 0 Å². The van der Waals surface area contributed by atoms with Gasteiger partial charge in [0.05, 0.1) is 6.61 Å². The summed E-state index contributed by atoms with van der Waals surface area (Å²) in [4.78, 5) is 4.02. The van der Waals surface area contributed by atoms with E-state index in [-0.39, 0.29) is 6.61 Å². The highest BCUT2D eigenvalue weighted by molar-refractivity contribution is 8.01. The number of hydrogen-bond acceptors (Lipinski definition) is 4. The van der Waals surface area contributed by atoms with E-state index in [1.165, 1.54) is 0 Å². The van der Waals surface area contributed by atoms with Gasteiger partial charge in [-0.3, -0.25) is 0 Å². The first kappa shape index (κ1) is 7.05. The van der Waals surface area contributed by atoms with E-state index in [0.717, 1.165) is 10.1 Å². The Morgan fingerprint density at radius 2 is 2.67 bits per heavy atom. The molecule has 9 heavy (non-hydrogen) atoms. The quantitative estimate of drug-likeness (QED) is 0.677. The minimum Gasteiger partial charge on any atom is -0.396 e. The van der Waals surface area contributed by atoms with Crippen molar-refractivity contribution in [2.24, 2.45) is 0 Å². The Hall–Kier alpha value is -0.0600. The predicted molar refractivity (Wildman–Crippen MR) is 39.9 cm³/mol. The van der Waals surface area contributed by atoms with Crippen molar-refractivity contribution in [3.8, 4) is 0 Å². The SMILES string of the molecule is OCCSc1nccs1. The maximum Gasteiger partial charge on any atom is 0.149 e. The third-order valence-electron chi connectivity index (χ3n) is 0.726. The highest BCUT2D eigenvalue weighted by Crippen LogP contribution is 2.18. The molecule has 0 amide bonds. The van der Waals surface area contributed by atoms with Crippen molar-refractivity contribution < 1.29 is 5.11 Å². The van der Waals surface area contributed by atoms with Crippen LogP contribution >= 0.6 is 23.1 Å². The number of hydrogen-bond donors (Lipinski definition) is 1. The molecule has 0 aliphatic heterocycles. The largest absolute Gasteiger partial charge is 0.396 e. The topological polar surface area (TPSA) is 33.1 Å². The van der Waals surface area contributed by atoms with Gasteiger partial charge in [0.25, 0.3) is 0 Å². The predicted octanol–water partition coefficient (Wildman–Crippen LogP) is 1.23. The standard InChI is InChI=1S/C5H7NOS2/c7-2-4-9-5-6-1-3-8-5/h1,3,7H,2,4H2. The lowest BCUT2D eigenvalue weighted by Crippen LogP contribution is -1.83. The molecule has 0 aliphatic carbocycles. The minimum absolute atomic E-state index is 0.226. The second kappa shape index (κ2) is 3.87. The van der Waals surface area contributed by atoms with Crippen molar-refractivity contribution in [2.75, 3.05) is 12.4 Å². The van der Waals surface area contributed by atoms with E-state index in [4.69, 9.17) is 5.11 Å². The number of nitrogens with zero attached hydrogens (tertiary/aromatic N) is 1. The van der Waals surface area contributed by atoms with Gasteiger partial charge in [-0.25, -0.2) is 4.98 Å². The number of thiazole rings is 1. The number of aliphatic hydroxyl groups is 1. The summed E-state index contributed by atoms with van der Waals surface area (Å²) in [6.07, 6.45) is 1.77. The first-order valence-corrected chi connectivity index (χ1v) is 4.43. The molecule has 4 heteroatoms.